The number of fused-ring (bicyclic) bond motifs is 2. The van der Waals surface area contributed by atoms with Crippen molar-refractivity contribution in [2.24, 2.45) is 0 Å². The summed E-state index contributed by atoms with van der Waals surface area (Å²) in [5.41, 5.74) is 2.62. The first-order valence-corrected chi connectivity index (χ1v) is 10.8. The highest BCUT2D eigenvalue weighted by molar-refractivity contribution is 5.94. The standard InChI is InChI=1S/C26H23N3O4/c1-16(19-9-12-23-24(15-19)33-14-13-32-23)27-25(30)18-7-10-20(11-8-18)29-17(2)28-22-6-4-3-5-21(22)26(29)31/h3-12,15-16H,13-14H2,1-2H3,(H,27,30)/t16-/m0/s1. The minimum Gasteiger partial charge on any atom is -0.486 e. The largest absolute Gasteiger partial charge is 0.486 e. The highest BCUT2D eigenvalue weighted by Gasteiger charge is 2.17. The minimum atomic E-state index is -0.220. The smallest absolute Gasteiger partial charge is 0.265 e. The summed E-state index contributed by atoms with van der Waals surface area (Å²) >= 11 is 0. The molecule has 1 amide bonds. The first-order chi connectivity index (χ1) is 16.0. The summed E-state index contributed by atoms with van der Waals surface area (Å²) in [5.74, 6) is 1.79. The Bertz CT molecular complexity index is 1410. The van der Waals surface area contributed by atoms with Gasteiger partial charge in [-0.1, -0.05) is 18.2 Å². The van der Waals surface area contributed by atoms with E-state index in [9.17, 15) is 9.59 Å². The number of rotatable bonds is 4. The molecule has 33 heavy (non-hydrogen) atoms. The molecule has 0 bridgehead atoms. The minimum absolute atomic E-state index is 0.137. The summed E-state index contributed by atoms with van der Waals surface area (Å²) in [6.07, 6.45) is 0. The summed E-state index contributed by atoms with van der Waals surface area (Å²) in [6.45, 7) is 4.76. The van der Waals surface area contributed by atoms with Crippen LogP contribution in [0, 0.1) is 6.92 Å². The Morgan fingerprint density at radius 1 is 1.00 bits per heavy atom. The van der Waals surface area contributed by atoms with Gasteiger partial charge < -0.3 is 14.8 Å². The van der Waals surface area contributed by atoms with E-state index in [1.807, 2.05) is 43.3 Å². The van der Waals surface area contributed by atoms with Gasteiger partial charge >= 0.3 is 0 Å². The van der Waals surface area contributed by atoms with Gasteiger partial charge in [0.1, 0.15) is 19.0 Å². The molecule has 0 unspecified atom stereocenters. The number of aryl methyl sites for hydroxylation is 1. The van der Waals surface area contributed by atoms with E-state index in [0.29, 0.717) is 52.7 Å². The molecule has 0 saturated heterocycles. The Balaban J connectivity index is 1.36. The average molecular weight is 441 g/mol. The highest BCUT2D eigenvalue weighted by Crippen LogP contribution is 2.32. The molecule has 7 nitrogen and oxygen atoms in total. The zero-order valence-electron chi connectivity index (χ0n) is 18.4. The van der Waals surface area contributed by atoms with Crippen LogP contribution in [0.15, 0.2) is 71.5 Å². The predicted octanol–water partition coefficient (Wildman–Crippen LogP) is 3.96. The Kier molecular flexibility index (Phi) is 5.30. The predicted molar refractivity (Wildman–Crippen MR) is 125 cm³/mol. The van der Waals surface area contributed by atoms with Gasteiger partial charge in [-0.25, -0.2) is 4.98 Å². The van der Waals surface area contributed by atoms with Crippen LogP contribution in [0.3, 0.4) is 0 Å². The van der Waals surface area contributed by atoms with Gasteiger partial charge in [0.25, 0.3) is 11.5 Å². The van der Waals surface area contributed by atoms with Crippen LogP contribution in [0.2, 0.25) is 0 Å². The van der Waals surface area contributed by atoms with Gasteiger partial charge in [-0.15, -0.1) is 0 Å². The fourth-order valence-corrected chi connectivity index (χ4v) is 4.00. The Morgan fingerprint density at radius 2 is 1.73 bits per heavy atom. The zero-order valence-corrected chi connectivity index (χ0v) is 18.4. The molecule has 1 N–H and O–H groups in total. The summed E-state index contributed by atoms with van der Waals surface area (Å²) in [7, 11) is 0. The van der Waals surface area contributed by atoms with Gasteiger partial charge in [0, 0.05) is 5.56 Å². The number of hydrogen-bond acceptors (Lipinski definition) is 5. The first-order valence-electron chi connectivity index (χ1n) is 10.8. The normalized spacial score (nSPS) is 13.5. The van der Waals surface area contributed by atoms with E-state index in [-0.39, 0.29) is 17.5 Å². The van der Waals surface area contributed by atoms with Crippen molar-refractivity contribution in [3.8, 4) is 17.2 Å². The van der Waals surface area contributed by atoms with Crippen LogP contribution in [0.1, 0.15) is 34.7 Å². The number of para-hydroxylation sites is 1. The van der Waals surface area contributed by atoms with Crippen molar-refractivity contribution in [3.05, 3.63) is 94.0 Å². The number of nitrogens with one attached hydrogen (secondary N) is 1. The molecule has 0 aliphatic carbocycles. The second-order valence-corrected chi connectivity index (χ2v) is 7.96. The molecular formula is C26H23N3O4. The van der Waals surface area contributed by atoms with Crippen LogP contribution in [-0.4, -0.2) is 28.7 Å². The highest BCUT2D eigenvalue weighted by atomic mass is 16.6. The monoisotopic (exact) mass is 441 g/mol. The van der Waals surface area contributed by atoms with Gasteiger partial charge in [-0.2, -0.15) is 0 Å². The van der Waals surface area contributed by atoms with Crippen molar-refractivity contribution >= 4 is 16.8 Å². The van der Waals surface area contributed by atoms with Gasteiger partial charge in [0.2, 0.25) is 0 Å². The molecule has 1 aliphatic rings. The number of amides is 1. The molecule has 2 heterocycles. The molecule has 1 aliphatic heterocycles. The lowest BCUT2D eigenvalue weighted by Crippen LogP contribution is -2.27. The lowest BCUT2D eigenvalue weighted by molar-refractivity contribution is 0.0939. The van der Waals surface area contributed by atoms with Gasteiger partial charge in [-0.3, -0.25) is 14.2 Å². The van der Waals surface area contributed by atoms with Gasteiger partial charge in [-0.05, 0) is 67.9 Å². The lowest BCUT2D eigenvalue weighted by atomic mass is 10.1. The summed E-state index contributed by atoms with van der Waals surface area (Å²) in [4.78, 5) is 30.4. The molecule has 0 saturated carbocycles. The van der Waals surface area contributed by atoms with Crippen LogP contribution in [0.4, 0.5) is 0 Å². The fourth-order valence-electron chi connectivity index (χ4n) is 4.00. The Morgan fingerprint density at radius 3 is 2.52 bits per heavy atom. The molecule has 0 spiro atoms. The zero-order chi connectivity index (χ0) is 22.9. The van der Waals surface area contributed by atoms with Crippen molar-refractivity contribution < 1.29 is 14.3 Å². The van der Waals surface area contributed by atoms with Crippen molar-refractivity contribution in [1.82, 2.24) is 14.9 Å². The van der Waals surface area contributed by atoms with E-state index in [4.69, 9.17) is 9.47 Å². The van der Waals surface area contributed by atoms with Crippen molar-refractivity contribution in [2.45, 2.75) is 19.9 Å². The van der Waals surface area contributed by atoms with Crippen LogP contribution in [-0.2, 0) is 0 Å². The number of aromatic nitrogens is 2. The van der Waals surface area contributed by atoms with Crippen molar-refractivity contribution in [2.75, 3.05) is 13.2 Å². The third-order valence-electron chi connectivity index (χ3n) is 5.74. The maximum atomic E-state index is 13.0. The summed E-state index contributed by atoms with van der Waals surface area (Å²) in [5, 5.41) is 3.56. The molecule has 7 heteroatoms. The molecule has 1 aromatic heterocycles. The molecule has 166 valence electrons. The second-order valence-electron chi connectivity index (χ2n) is 7.96. The number of nitrogens with zero attached hydrogens (tertiary/aromatic N) is 2. The molecule has 3 aromatic carbocycles. The Hall–Kier alpha value is -4.13. The number of ether oxygens (including phenoxy) is 2. The molecule has 5 rings (SSSR count). The second kappa shape index (κ2) is 8.43. The van der Waals surface area contributed by atoms with E-state index in [1.54, 1.807) is 41.8 Å². The first kappa shape index (κ1) is 20.8. The maximum absolute atomic E-state index is 13.0. The van der Waals surface area contributed by atoms with E-state index < -0.39 is 0 Å². The Labute approximate surface area is 190 Å². The van der Waals surface area contributed by atoms with E-state index >= 15 is 0 Å². The van der Waals surface area contributed by atoms with Crippen LogP contribution < -0.4 is 20.3 Å². The van der Waals surface area contributed by atoms with Crippen LogP contribution in [0.25, 0.3) is 16.6 Å². The summed E-state index contributed by atoms with van der Waals surface area (Å²) in [6, 6.07) is 19.7. The summed E-state index contributed by atoms with van der Waals surface area (Å²) < 4.78 is 12.7. The van der Waals surface area contributed by atoms with Crippen molar-refractivity contribution in [1.29, 1.82) is 0 Å². The molecule has 0 radical (unpaired) electrons. The number of hydrogen-bond donors (Lipinski definition) is 1. The third kappa shape index (κ3) is 3.93. The maximum Gasteiger partial charge on any atom is 0.265 e. The number of benzene rings is 3. The van der Waals surface area contributed by atoms with E-state index in [2.05, 4.69) is 10.3 Å². The number of carbonyl (C=O) groups excluding carboxylic acids is 1. The van der Waals surface area contributed by atoms with Crippen LogP contribution >= 0.6 is 0 Å². The molecule has 1 atom stereocenters. The lowest BCUT2D eigenvalue weighted by Gasteiger charge is -2.21. The topological polar surface area (TPSA) is 82.5 Å². The van der Waals surface area contributed by atoms with Gasteiger partial charge in [0.05, 0.1) is 22.6 Å². The molecule has 4 aromatic rings. The molecular weight excluding hydrogens is 418 g/mol. The number of carbonyl (C=O) groups is 1. The van der Waals surface area contributed by atoms with E-state index in [0.717, 1.165) is 5.56 Å². The quantitative estimate of drug-likeness (QED) is 0.519. The van der Waals surface area contributed by atoms with E-state index in [1.165, 1.54) is 0 Å². The fraction of sp³-hybridized carbons (Fsp3) is 0.192. The average Bonchev–Trinajstić information content (AvgIpc) is 2.84. The third-order valence-corrected chi connectivity index (χ3v) is 5.74. The molecule has 0 fully saturated rings. The SMILES string of the molecule is Cc1nc2ccccc2c(=O)n1-c1ccc(C(=O)N[C@@H](C)c2ccc3c(c2)OCCO3)cc1. The van der Waals surface area contributed by atoms with Gasteiger partial charge in [0.15, 0.2) is 11.5 Å². The van der Waals surface area contributed by atoms with Crippen molar-refractivity contribution in [3.63, 3.8) is 0 Å². The van der Waals surface area contributed by atoms with Crippen LogP contribution in [0.5, 0.6) is 11.5 Å².